The van der Waals surface area contributed by atoms with Gasteiger partial charge in [-0.1, -0.05) is 13.8 Å². The van der Waals surface area contributed by atoms with Gasteiger partial charge in [0.2, 0.25) is 0 Å². The summed E-state index contributed by atoms with van der Waals surface area (Å²) in [6, 6.07) is -2.60. The second kappa shape index (κ2) is 9.71. The van der Waals surface area contributed by atoms with E-state index in [1.54, 1.807) is 0 Å². The zero-order valence-corrected chi connectivity index (χ0v) is 10.7. The lowest BCUT2D eigenvalue weighted by molar-refractivity contribution is 0.0493. The monoisotopic (exact) mass is 275 g/mol. The first kappa shape index (κ1) is 19.1. The molecule has 0 aromatic carbocycles. The average molecular weight is 275 g/mol. The van der Waals surface area contributed by atoms with E-state index in [0.29, 0.717) is 0 Å². The Morgan fingerprint density at radius 2 is 1.12 bits per heavy atom. The molecule has 0 fully saturated rings. The number of hydrogen-bond donors (Lipinski definition) is 5. The lowest BCUT2D eigenvalue weighted by Gasteiger charge is -2.30. The molecule has 17 heavy (non-hydrogen) atoms. The van der Waals surface area contributed by atoms with Gasteiger partial charge < -0.3 is 20.4 Å². The molecular formula is C8H21NO7S. The van der Waals surface area contributed by atoms with Gasteiger partial charge in [0.1, 0.15) is 0 Å². The Bertz CT molecular complexity index is 249. The van der Waals surface area contributed by atoms with Crippen LogP contribution in [0.25, 0.3) is 0 Å². The third-order valence-electron chi connectivity index (χ3n) is 1.83. The summed E-state index contributed by atoms with van der Waals surface area (Å²) in [7, 11) is -4.72. The van der Waals surface area contributed by atoms with Gasteiger partial charge in [0.15, 0.2) is 0 Å². The lowest BCUT2D eigenvalue weighted by Crippen LogP contribution is -2.53. The number of hydrogen-bond acceptors (Lipinski definition) is 6. The summed E-state index contributed by atoms with van der Waals surface area (Å²) in [6.07, 6.45) is 0. The highest BCUT2D eigenvalue weighted by atomic mass is 32.2. The third-order valence-corrected chi connectivity index (χ3v) is 2.96. The van der Waals surface area contributed by atoms with Crippen molar-refractivity contribution in [3.05, 3.63) is 0 Å². The average Bonchev–Trinajstić information content (AvgIpc) is 2.31. The summed E-state index contributed by atoms with van der Waals surface area (Å²) in [5.74, 6) is 0. The van der Waals surface area contributed by atoms with E-state index in [0.717, 1.165) is 0 Å². The van der Waals surface area contributed by atoms with E-state index in [1.165, 1.54) is 0 Å². The summed E-state index contributed by atoms with van der Waals surface area (Å²) < 4.78 is 30.8. The minimum Gasteiger partial charge on any atom is -0.395 e. The second-order valence-corrected chi connectivity index (χ2v) is 4.16. The summed E-state index contributed by atoms with van der Waals surface area (Å²) in [6.45, 7) is 1.03. The van der Waals surface area contributed by atoms with Crippen LogP contribution < -0.4 is 0 Å². The van der Waals surface area contributed by atoms with Crippen LogP contribution in [-0.2, 0) is 10.3 Å². The van der Waals surface area contributed by atoms with Crippen LogP contribution in [0.1, 0.15) is 13.8 Å². The van der Waals surface area contributed by atoms with Crippen molar-refractivity contribution in [1.82, 2.24) is 4.31 Å². The molecular weight excluding hydrogens is 254 g/mol. The SMILES string of the molecule is CC.O=S(=O)(O)N(C(CO)CO)C(CO)CO. The molecule has 0 aromatic heterocycles. The molecule has 5 N–H and O–H groups in total. The fourth-order valence-corrected chi connectivity index (χ4v) is 2.13. The number of nitrogens with zero attached hydrogens (tertiary/aromatic N) is 1. The maximum atomic E-state index is 10.9. The van der Waals surface area contributed by atoms with Crippen LogP contribution in [0, 0.1) is 0 Å². The molecule has 0 unspecified atom stereocenters. The smallest absolute Gasteiger partial charge is 0.336 e. The number of rotatable bonds is 7. The Morgan fingerprint density at radius 1 is 0.882 bits per heavy atom. The van der Waals surface area contributed by atoms with Crippen LogP contribution >= 0.6 is 0 Å². The van der Waals surface area contributed by atoms with E-state index < -0.39 is 48.8 Å². The third kappa shape index (κ3) is 6.27. The molecule has 0 aliphatic rings. The highest BCUT2D eigenvalue weighted by Crippen LogP contribution is 2.10. The topological polar surface area (TPSA) is 139 Å². The van der Waals surface area contributed by atoms with Crippen molar-refractivity contribution in [2.24, 2.45) is 0 Å². The van der Waals surface area contributed by atoms with Crippen molar-refractivity contribution in [2.75, 3.05) is 26.4 Å². The van der Waals surface area contributed by atoms with Crippen molar-refractivity contribution < 1.29 is 33.4 Å². The van der Waals surface area contributed by atoms with Gasteiger partial charge in [-0.05, 0) is 0 Å². The molecule has 8 nitrogen and oxygen atoms in total. The predicted octanol–water partition coefficient (Wildman–Crippen LogP) is -2.18. The van der Waals surface area contributed by atoms with E-state index in [4.69, 9.17) is 25.0 Å². The van der Waals surface area contributed by atoms with E-state index in [9.17, 15) is 8.42 Å². The van der Waals surface area contributed by atoms with Crippen LogP contribution in [0.5, 0.6) is 0 Å². The summed E-state index contributed by atoms with van der Waals surface area (Å²) >= 11 is 0. The zero-order chi connectivity index (χ0) is 14.1. The molecule has 0 spiro atoms. The highest BCUT2D eigenvalue weighted by Gasteiger charge is 2.34. The molecule has 9 heteroatoms. The van der Waals surface area contributed by atoms with Gasteiger partial charge in [-0.15, -0.1) is 0 Å². The second-order valence-electron chi connectivity index (χ2n) is 2.85. The molecule has 0 aromatic rings. The van der Waals surface area contributed by atoms with Crippen LogP contribution in [0.4, 0.5) is 0 Å². The molecule has 0 aliphatic carbocycles. The molecule has 0 atom stereocenters. The molecule has 0 bridgehead atoms. The first-order valence-corrected chi connectivity index (χ1v) is 6.51. The quantitative estimate of drug-likeness (QED) is 0.333. The van der Waals surface area contributed by atoms with Crippen molar-refractivity contribution in [3.63, 3.8) is 0 Å². The number of aliphatic hydroxyl groups is 4. The van der Waals surface area contributed by atoms with Gasteiger partial charge in [-0.25, -0.2) is 0 Å². The Hall–Kier alpha value is -0.290. The molecule has 0 aliphatic heterocycles. The molecule has 0 radical (unpaired) electrons. The molecule has 0 heterocycles. The predicted molar refractivity (Wildman–Crippen MR) is 60.7 cm³/mol. The zero-order valence-electron chi connectivity index (χ0n) is 9.89. The lowest BCUT2D eigenvalue weighted by atomic mass is 10.2. The summed E-state index contributed by atoms with van der Waals surface area (Å²) in [5.41, 5.74) is 0. The first-order chi connectivity index (χ1) is 7.92. The van der Waals surface area contributed by atoms with Gasteiger partial charge in [0, 0.05) is 0 Å². The van der Waals surface area contributed by atoms with Crippen LogP contribution in [0.15, 0.2) is 0 Å². The van der Waals surface area contributed by atoms with Gasteiger partial charge in [0.25, 0.3) is 0 Å². The maximum Gasteiger partial charge on any atom is 0.336 e. The summed E-state index contributed by atoms with van der Waals surface area (Å²) in [5, 5.41) is 35.0. The van der Waals surface area contributed by atoms with E-state index in [1.807, 2.05) is 13.8 Å². The molecule has 0 rings (SSSR count). The Morgan fingerprint density at radius 3 is 1.24 bits per heavy atom. The van der Waals surface area contributed by atoms with E-state index in [-0.39, 0.29) is 4.31 Å². The Kier molecular flexibility index (Phi) is 10.9. The van der Waals surface area contributed by atoms with Gasteiger partial charge in [0.05, 0.1) is 38.5 Å². The van der Waals surface area contributed by atoms with Crippen molar-refractivity contribution >= 4 is 10.3 Å². The largest absolute Gasteiger partial charge is 0.395 e. The minimum atomic E-state index is -4.72. The van der Waals surface area contributed by atoms with Crippen molar-refractivity contribution in [2.45, 2.75) is 25.9 Å². The highest BCUT2D eigenvalue weighted by molar-refractivity contribution is 7.83. The van der Waals surface area contributed by atoms with E-state index >= 15 is 0 Å². The van der Waals surface area contributed by atoms with Crippen LogP contribution in [0.2, 0.25) is 0 Å². The van der Waals surface area contributed by atoms with Crippen LogP contribution in [0.3, 0.4) is 0 Å². The molecule has 0 amide bonds. The Labute approximate surface area is 101 Å². The van der Waals surface area contributed by atoms with Crippen LogP contribution in [-0.4, -0.2) is 76.2 Å². The minimum absolute atomic E-state index is 0.271. The van der Waals surface area contributed by atoms with Gasteiger partial charge >= 0.3 is 10.3 Å². The van der Waals surface area contributed by atoms with Gasteiger partial charge in [-0.3, -0.25) is 4.55 Å². The molecule has 0 saturated carbocycles. The molecule has 0 saturated heterocycles. The van der Waals surface area contributed by atoms with Crippen molar-refractivity contribution in [1.29, 1.82) is 0 Å². The number of aliphatic hydroxyl groups excluding tert-OH is 4. The fourth-order valence-electron chi connectivity index (χ4n) is 1.11. The Balaban J connectivity index is 0. The maximum absolute atomic E-state index is 10.9. The summed E-state index contributed by atoms with van der Waals surface area (Å²) in [4.78, 5) is 0. The fraction of sp³-hybridized carbons (Fsp3) is 1.00. The molecule has 106 valence electrons. The standard InChI is InChI=1S/C6H15NO7S.C2H6/c8-1-5(2-9)7(15(12,13)14)6(3-10)4-11;1-2/h5-6,8-11H,1-4H2,(H,12,13,14);1-2H3. The first-order valence-electron chi connectivity index (χ1n) is 5.11. The van der Waals surface area contributed by atoms with Gasteiger partial charge in [-0.2, -0.15) is 12.7 Å². The van der Waals surface area contributed by atoms with Crippen molar-refractivity contribution in [3.8, 4) is 0 Å². The van der Waals surface area contributed by atoms with E-state index in [2.05, 4.69) is 0 Å². The normalized spacial score (nSPS) is 11.9.